The number of amides is 1. The summed E-state index contributed by atoms with van der Waals surface area (Å²) in [4.78, 5) is 15.7. The van der Waals surface area contributed by atoms with E-state index in [0.717, 1.165) is 15.2 Å². The molecule has 3 nitrogen and oxygen atoms in total. The Bertz CT molecular complexity index is 679. The Labute approximate surface area is 122 Å². The van der Waals surface area contributed by atoms with Crippen LogP contribution in [-0.2, 0) is 4.79 Å². The number of pyridine rings is 1. The fourth-order valence-electron chi connectivity index (χ4n) is 1.90. The van der Waals surface area contributed by atoms with Crippen LogP contribution in [0.1, 0.15) is 6.42 Å². The largest absolute Gasteiger partial charge is 0.310 e. The Kier molecular flexibility index (Phi) is 3.19. The van der Waals surface area contributed by atoms with Crippen LogP contribution in [0.5, 0.6) is 0 Å². The minimum Gasteiger partial charge on any atom is -0.310 e. The van der Waals surface area contributed by atoms with Crippen LogP contribution in [0.2, 0.25) is 5.02 Å². The number of fused-ring (bicyclic) bond motifs is 1. The zero-order chi connectivity index (χ0) is 13.6. The molecule has 0 saturated heterocycles. The lowest BCUT2D eigenvalue weighted by molar-refractivity contribution is -0.117. The van der Waals surface area contributed by atoms with Crippen LogP contribution in [0.4, 0.5) is 10.2 Å². The van der Waals surface area contributed by atoms with E-state index >= 15 is 0 Å². The first-order chi connectivity index (χ1) is 9.04. The van der Waals surface area contributed by atoms with Crippen molar-refractivity contribution in [1.29, 1.82) is 0 Å². The minimum absolute atomic E-state index is 0.302. The molecule has 19 heavy (non-hydrogen) atoms. The highest BCUT2D eigenvalue weighted by Gasteiger charge is 2.43. The third-order valence-corrected chi connectivity index (χ3v) is 3.82. The molecule has 1 aliphatic rings. The van der Waals surface area contributed by atoms with Gasteiger partial charge in [-0.1, -0.05) is 27.5 Å². The first-order valence-electron chi connectivity index (χ1n) is 5.74. The molecule has 2 aromatic rings. The summed E-state index contributed by atoms with van der Waals surface area (Å²) in [5, 5.41) is 4.86. The summed E-state index contributed by atoms with van der Waals surface area (Å²) in [7, 11) is 0. The van der Waals surface area contributed by atoms with Crippen LogP contribution < -0.4 is 5.32 Å². The highest BCUT2D eigenvalue weighted by atomic mass is 79.9. The Morgan fingerprint density at radius 2 is 2.21 bits per heavy atom. The molecule has 1 aromatic carbocycles. The third kappa shape index (κ3) is 2.58. The van der Waals surface area contributed by atoms with E-state index in [9.17, 15) is 9.18 Å². The number of aromatic nitrogens is 1. The molecule has 0 radical (unpaired) electrons. The van der Waals surface area contributed by atoms with Gasteiger partial charge in [-0.3, -0.25) is 4.79 Å². The monoisotopic (exact) mass is 342 g/mol. The van der Waals surface area contributed by atoms with Gasteiger partial charge >= 0.3 is 0 Å². The van der Waals surface area contributed by atoms with Crippen molar-refractivity contribution in [3.05, 3.63) is 33.9 Å². The maximum atomic E-state index is 12.8. The topological polar surface area (TPSA) is 42.0 Å². The van der Waals surface area contributed by atoms with Crippen molar-refractivity contribution in [2.45, 2.75) is 12.6 Å². The first kappa shape index (κ1) is 12.8. The molecule has 3 rings (SSSR count). The Morgan fingerprint density at radius 3 is 2.89 bits per heavy atom. The number of anilines is 1. The number of halogens is 3. The Balaban J connectivity index is 1.91. The summed E-state index contributed by atoms with van der Waals surface area (Å²) in [5.41, 5.74) is 0. The summed E-state index contributed by atoms with van der Waals surface area (Å²) < 4.78 is 13.6. The van der Waals surface area contributed by atoms with Gasteiger partial charge in [-0.05, 0) is 30.0 Å². The van der Waals surface area contributed by atoms with E-state index < -0.39 is 12.1 Å². The maximum Gasteiger partial charge on any atom is 0.231 e. The van der Waals surface area contributed by atoms with Crippen molar-refractivity contribution in [3.63, 3.8) is 0 Å². The van der Waals surface area contributed by atoms with E-state index in [1.54, 1.807) is 18.3 Å². The number of nitrogens with zero attached hydrogens (tertiary/aromatic N) is 1. The standard InChI is InChI=1S/C13H9BrClFN2O/c14-7-1-6-2-12(17-5-9(6)10(15)3-7)18-13(19)8-4-11(8)16/h1-3,5,8,11H,4H2,(H,17,18,19). The Morgan fingerprint density at radius 1 is 1.47 bits per heavy atom. The van der Waals surface area contributed by atoms with E-state index in [0.29, 0.717) is 17.3 Å². The SMILES string of the molecule is O=C(Nc1cc2cc(Br)cc(Cl)c2cn1)C1CC1F. The quantitative estimate of drug-likeness (QED) is 0.897. The molecule has 0 spiro atoms. The zero-order valence-corrected chi connectivity index (χ0v) is 12.0. The number of hydrogen-bond donors (Lipinski definition) is 1. The van der Waals surface area contributed by atoms with Crippen molar-refractivity contribution >= 4 is 50.0 Å². The number of hydrogen-bond acceptors (Lipinski definition) is 2. The van der Waals surface area contributed by atoms with Crippen LogP contribution >= 0.6 is 27.5 Å². The van der Waals surface area contributed by atoms with Gasteiger partial charge in [0.05, 0.1) is 10.9 Å². The number of carbonyl (C=O) groups excluding carboxylic acids is 1. The van der Waals surface area contributed by atoms with Gasteiger partial charge in [-0.2, -0.15) is 0 Å². The zero-order valence-electron chi connectivity index (χ0n) is 9.66. The molecule has 1 N–H and O–H groups in total. The molecular weight excluding hydrogens is 335 g/mol. The maximum absolute atomic E-state index is 12.8. The second-order valence-corrected chi connectivity index (χ2v) is 5.85. The van der Waals surface area contributed by atoms with Crippen LogP contribution in [0, 0.1) is 5.92 Å². The molecule has 1 heterocycles. The third-order valence-electron chi connectivity index (χ3n) is 3.05. The van der Waals surface area contributed by atoms with Gasteiger partial charge in [-0.15, -0.1) is 0 Å². The molecule has 0 bridgehead atoms. The molecule has 1 aliphatic carbocycles. The summed E-state index contributed by atoms with van der Waals surface area (Å²) in [6.07, 6.45) is 0.889. The van der Waals surface area contributed by atoms with Gasteiger partial charge < -0.3 is 5.32 Å². The highest BCUT2D eigenvalue weighted by Crippen LogP contribution is 2.35. The van der Waals surface area contributed by atoms with E-state index in [2.05, 4.69) is 26.2 Å². The van der Waals surface area contributed by atoms with Crippen molar-refractivity contribution in [3.8, 4) is 0 Å². The molecular formula is C13H9BrClFN2O. The second kappa shape index (κ2) is 4.72. The van der Waals surface area contributed by atoms with E-state index in [-0.39, 0.29) is 5.91 Å². The normalized spacial score (nSPS) is 21.4. The number of nitrogens with one attached hydrogen (secondary N) is 1. The fraction of sp³-hybridized carbons (Fsp3) is 0.231. The molecule has 1 fully saturated rings. The number of carbonyl (C=O) groups is 1. The summed E-state index contributed by atoms with van der Waals surface area (Å²) in [6.45, 7) is 0. The summed E-state index contributed by atoms with van der Waals surface area (Å²) in [6, 6.07) is 5.38. The smallest absolute Gasteiger partial charge is 0.231 e. The number of rotatable bonds is 2. The van der Waals surface area contributed by atoms with E-state index in [1.807, 2.05) is 6.07 Å². The molecule has 1 amide bonds. The second-order valence-electron chi connectivity index (χ2n) is 4.53. The van der Waals surface area contributed by atoms with Crippen molar-refractivity contribution < 1.29 is 9.18 Å². The summed E-state index contributed by atoms with van der Waals surface area (Å²) in [5.74, 6) is -0.435. The van der Waals surface area contributed by atoms with E-state index in [4.69, 9.17) is 11.6 Å². The average molecular weight is 344 g/mol. The van der Waals surface area contributed by atoms with Gasteiger partial charge in [0.15, 0.2) is 0 Å². The molecule has 0 aliphatic heterocycles. The van der Waals surface area contributed by atoms with Crippen LogP contribution in [0.3, 0.4) is 0 Å². The van der Waals surface area contributed by atoms with Gasteiger partial charge in [0, 0.05) is 16.1 Å². The van der Waals surface area contributed by atoms with Crippen LogP contribution in [-0.4, -0.2) is 17.1 Å². The van der Waals surface area contributed by atoms with Gasteiger partial charge in [0.1, 0.15) is 12.0 Å². The number of benzene rings is 1. The molecule has 6 heteroatoms. The van der Waals surface area contributed by atoms with Crippen molar-refractivity contribution in [2.75, 3.05) is 5.32 Å². The molecule has 98 valence electrons. The predicted molar refractivity (Wildman–Crippen MR) is 76.1 cm³/mol. The average Bonchev–Trinajstić information content (AvgIpc) is 3.05. The highest BCUT2D eigenvalue weighted by molar-refractivity contribution is 9.10. The number of alkyl halides is 1. The summed E-state index contributed by atoms with van der Waals surface area (Å²) >= 11 is 9.45. The Hall–Kier alpha value is -1.20. The lowest BCUT2D eigenvalue weighted by atomic mass is 10.2. The first-order valence-corrected chi connectivity index (χ1v) is 6.91. The van der Waals surface area contributed by atoms with Gasteiger partial charge in [-0.25, -0.2) is 9.37 Å². The molecule has 1 saturated carbocycles. The van der Waals surface area contributed by atoms with Gasteiger partial charge in [0.25, 0.3) is 0 Å². The van der Waals surface area contributed by atoms with Crippen molar-refractivity contribution in [1.82, 2.24) is 4.98 Å². The predicted octanol–water partition coefficient (Wildman–Crippen LogP) is 3.95. The van der Waals surface area contributed by atoms with E-state index in [1.165, 1.54) is 0 Å². The molecule has 2 unspecified atom stereocenters. The van der Waals surface area contributed by atoms with Crippen LogP contribution in [0.15, 0.2) is 28.9 Å². The molecule has 2 atom stereocenters. The lowest BCUT2D eigenvalue weighted by Gasteiger charge is -2.06. The van der Waals surface area contributed by atoms with Crippen molar-refractivity contribution in [2.24, 2.45) is 5.92 Å². The minimum atomic E-state index is -1.01. The van der Waals surface area contributed by atoms with Gasteiger partial charge in [0.2, 0.25) is 5.91 Å². The fourth-order valence-corrected chi connectivity index (χ4v) is 2.78. The lowest BCUT2D eigenvalue weighted by Crippen LogP contribution is -2.15. The molecule has 1 aromatic heterocycles. The van der Waals surface area contributed by atoms with Crippen LogP contribution in [0.25, 0.3) is 10.8 Å².